The number of hydrogen-bond donors (Lipinski definition) is 0. The molecular weight excluding hydrogens is 265 g/mol. The molecule has 0 amide bonds. The normalized spacial score (nSPS) is 13.8. The van der Waals surface area contributed by atoms with Crippen molar-refractivity contribution in [3.8, 4) is 0 Å². The maximum atomic E-state index is 13.6. The van der Waals surface area contributed by atoms with Crippen LogP contribution >= 0.6 is 0 Å². The second-order valence-electron chi connectivity index (χ2n) is 3.91. The zero-order chi connectivity index (χ0) is 14.4. The molecule has 0 fully saturated rings. The Morgan fingerprint density at radius 2 is 1.28 bits per heavy atom. The first-order chi connectivity index (χ1) is 7.89. The van der Waals surface area contributed by atoms with Crippen molar-refractivity contribution in [3.63, 3.8) is 0 Å². The Kier molecular flexibility index (Phi) is 3.40. The molecule has 0 saturated carbocycles. The van der Waals surface area contributed by atoms with Gasteiger partial charge in [-0.3, -0.25) is 0 Å². The monoisotopic (exact) mass is 273 g/mol. The Bertz CT molecular complexity index is 407. The summed E-state index contributed by atoms with van der Waals surface area (Å²) in [6, 6.07) is 3.58. The SMILES string of the molecule is Cc1[c]c(C(F)(C(F)(F)F)C(F)(F)F)cc(C)c1. The van der Waals surface area contributed by atoms with Crippen molar-refractivity contribution in [2.24, 2.45) is 0 Å². The molecule has 0 atom stereocenters. The summed E-state index contributed by atoms with van der Waals surface area (Å²) in [7, 11) is 0. The molecule has 0 heterocycles. The summed E-state index contributed by atoms with van der Waals surface area (Å²) >= 11 is 0. The fraction of sp³-hybridized carbons (Fsp3) is 0.455. The molecule has 0 N–H and O–H groups in total. The van der Waals surface area contributed by atoms with Crippen LogP contribution in [0, 0.1) is 19.9 Å². The third kappa shape index (κ3) is 2.30. The van der Waals surface area contributed by atoms with Crippen LogP contribution in [0.4, 0.5) is 30.7 Å². The van der Waals surface area contributed by atoms with Gasteiger partial charge in [0, 0.05) is 5.56 Å². The summed E-state index contributed by atoms with van der Waals surface area (Å²) < 4.78 is 88.2. The van der Waals surface area contributed by atoms with E-state index >= 15 is 0 Å². The molecule has 0 aromatic heterocycles. The minimum atomic E-state index is -6.10. The van der Waals surface area contributed by atoms with Gasteiger partial charge in [0.05, 0.1) is 0 Å². The van der Waals surface area contributed by atoms with E-state index in [1.54, 1.807) is 6.07 Å². The predicted octanol–water partition coefficient (Wildman–Crippen LogP) is 4.39. The van der Waals surface area contributed by atoms with Gasteiger partial charge >= 0.3 is 18.0 Å². The number of alkyl halides is 7. The molecule has 0 aliphatic carbocycles. The van der Waals surface area contributed by atoms with Gasteiger partial charge in [-0.05, 0) is 25.5 Å². The first kappa shape index (κ1) is 14.8. The van der Waals surface area contributed by atoms with Crippen molar-refractivity contribution in [2.75, 3.05) is 0 Å². The molecular formula is C11H8F7. The van der Waals surface area contributed by atoms with Crippen molar-refractivity contribution < 1.29 is 30.7 Å². The average Bonchev–Trinajstić information content (AvgIpc) is 2.11. The fourth-order valence-corrected chi connectivity index (χ4v) is 1.55. The molecule has 0 aliphatic heterocycles. The minimum Gasteiger partial charge on any atom is -0.218 e. The smallest absolute Gasteiger partial charge is 0.218 e. The van der Waals surface area contributed by atoms with Crippen molar-refractivity contribution in [1.29, 1.82) is 0 Å². The van der Waals surface area contributed by atoms with Crippen LogP contribution in [0.25, 0.3) is 0 Å². The van der Waals surface area contributed by atoms with E-state index in [1.165, 1.54) is 19.9 Å². The zero-order valence-corrected chi connectivity index (χ0v) is 9.30. The van der Waals surface area contributed by atoms with Gasteiger partial charge in [-0.2, -0.15) is 26.3 Å². The van der Waals surface area contributed by atoms with Crippen LogP contribution in [-0.2, 0) is 5.67 Å². The molecule has 101 valence electrons. The standard InChI is InChI=1S/C11H8F7/c1-6-3-7(2)5-8(4-6)9(12,10(13,14)15)11(16,17)18/h3-4H,1-2H3. The highest BCUT2D eigenvalue weighted by Gasteiger charge is 2.73. The molecule has 0 saturated heterocycles. The van der Waals surface area contributed by atoms with Gasteiger partial charge in [-0.1, -0.05) is 17.7 Å². The van der Waals surface area contributed by atoms with Crippen LogP contribution in [0.15, 0.2) is 12.1 Å². The maximum Gasteiger partial charge on any atom is 0.435 e. The van der Waals surface area contributed by atoms with Crippen molar-refractivity contribution >= 4 is 0 Å². The highest BCUT2D eigenvalue weighted by Crippen LogP contribution is 2.53. The number of hydrogen-bond acceptors (Lipinski definition) is 0. The third-order valence-corrected chi connectivity index (χ3v) is 2.30. The lowest BCUT2D eigenvalue weighted by Crippen LogP contribution is -2.50. The Morgan fingerprint density at radius 3 is 1.61 bits per heavy atom. The van der Waals surface area contributed by atoms with Crippen LogP contribution < -0.4 is 0 Å². The zero-order valence-electron chi connectivity index (χ0n) is 9.30. The molecule has 0 bridgehead atoms. The van der Waals surface area contributed by atoms with E-state index < -0.39 is 23.6 Å². The van der Waals surface area contributed by atoms with Crippen LogP contribution in [-0.4, -0.2) is 12.4 Å². The van der Waals surface area contributed by atoms with Crippen LogP contribution in [0.5, 0.6) is 0 Å². The quantitative estimate of drug-likeness (QED) is 0.665. The molecule has 1 aromatic carbocycles. The Hall–Kier alpha value is -1.27. The first-order valence-electron chi connectivity index (χ1n) is 4.73. The lowest BCUT2D eigenvalue weighted by Gasteiger charge is -2.30. The van der Waals surface area contributed by atoms with E-state index in [1.807, 2.05) is 0 Å². The average molecular weight is 273 g/mol. The lowest BCUT2D eigenvalue weighted by molar-refractivity contribution is -0.348. The molecule has 18 heavy (non-hydrogen) atoms. The molecule has 0 spiro atoms. The molecule has 0 aliphatic rings. The molecule has 0 unspecified atom stereocenters. The Balaban J connectivity index is 3.55. The fourth-order valence-electron chi connectivity index (χ4n) is 1.55. The van der Waals surface area contributed by atoms with Gasteiger partial charge in [0.25, 0.3) is 0 Å². The molecule has 0 nitrogen and oxygen atoms in total. The van der Waals surface area contributed by atoms with Gasteiger partial charge in [-0.25, -0.2) is 4.39 Å². The van der Waals surface area contributed by atoms with Crippen LogP contribution in [0.3, 0.4) is 0 Å². The summed E-state index contributed by atoms with van der Waals surface area (Å²) in [5.41, 5.74) is -6.88. The third-order valence-electron chi connectivity index (χ3n) is 2.30. The van der Waals surface area contributed by atoms with E-state index in [0.717, 1.165) is 0 Å². The summed E-state index contributed by atoms with van der Waals surface area (Å²) in [6.07, 6.45) is -12.2. The Morgan fingerprint density at radius 1 is 0.833 bits per heavy atom. The summed E-state index contributed by atoms with van der Waals surface area (Å²) in [6.45, 7) is 2.52. The minimum absolute atomic E-state index is 0.000486. The molecule has 1 rings (SSSR count). The summed E-state index contributed by atoms with van der Waals surface area (Å²) in [5.74, 6) is 0. The molecule has 1 radical (unpaired) electrons. The first-order valence-corrected chi connectivity index (χ1v) is 4.73. The Labute approximate surface area is 98.4 Å². The lowest BCUT2D eigenvalue weighted by atomic mass is 9.91. The van der Waals surface area contributed by atoms with E-state index in [4.69, 9.17) is 0 Å². The van der Waals surface area contributed by atoms with E-state index in [2.05, 4.69) is 0 Å². The second-order valence-corrected chi connectivity index (χ2v) is 3.91. The van der Waals surface area contributed by atoms with Gasteiger partial charge in [-0.15, -0.1) is 0 Å². The van der Waals surface area contributed by atoms with Gasteiger partial charge in [0.15, 0.2) is 0 Å². The maximum absolute atomic E-state index is 13.6. The van der Waals surface area contributed by atoms with E-state index in [0.29, 0.717) is 6.07 Å². The largest absolute Gasteiger partial charge is 0.435 e. The van der Waals surface area contributed by atoms with Gasteiger partial charge < -0.3 is 0 Å². The highest BCUT2D eigenvalue weighted by atomic mass is 19.4. The predicted molar refractivity (Wildman–Crippen MR) is 49.6 cm³/mol. The summed E-state index contributed by atoms with van der Waals surface area (Å²) in [5, 5.41) is 0. The number of rotatable bonds is 1. The molecule has 7 heteroatoms. The number of halogens is 7. The topological polar surface area (TPSA) is 0 Å². The highest BCUT2D eigenvalue weighted by molar-refractivity contribution is 5.33. The van der Waals surface area contributed by atoms with Crippen molar-refractivity contribution in [2.45, 2.75) is 31.9 Å². The second kappa shape index (κ2) is 4.13. The number of benzene rings is 1. The van der Waals surface area contributed by atoms with Crippen molar-refractivity contribution in [1.82, 2.24) is 0 Å². The van der Waals surface area contributed by atoms with E-state index in [9.17, 15) is 30.7 Å². The number of aryl methyl sites for hydroxylation is 2. The van der Waals surface area contributed by atoms with Crippen LogP contribution in [0.1, 0.15) is 16.7 Å². The van der Waals surface area contributed by atoms with Gasteiger partial charge in [0.1, 0.15) is 0 Å². The van der Waals surface area contributed by atoms with E-state index in [-0.39, 0.29) is 11.1 Å². The van der Waals surface area contributed by atoms with Gasteiger partial charge in [0.2, 0.25) is 0 Å². The van der Waals surface area contributed by atoms with Crippen LogP contribution in [0.2, 0.25) is 0 Å². The molecule has 1 aromatic rings. The summed E-state index contributed by atoms with van der Waals surface area (Å²) in [4.78, 5) is 0. The van der Waals surface area contributed by atoms with Crippen molar-refractivity contribution in [3.05, 3.63) is 34.9 Å².